The third-order valence-corrected chi connectivity index (χ3v) is 2.80. The number of rotatable bonds is 5. The average molecular weight is 341 g/mol. The van der Waals surface area contributed by atoms with Gasteiger partial charge in [-0.3, -0.25) is 5.43 Å². The van der Waals surface area contributed by atoms with E-state index >= 15 is 0 Å². The van der Waals surface area contributed by atoms with Gasteiger partial charge in [0.25, 0.3) is 0 Å². The van der Waals surface area contributed by atoms with E-state index in [2.05, 4.69) is 5.10 Å². The Kier molecular flexibility index (Phi) is 5.31. The fraction of sp³-hybridized carbons (Fsp3) is 0.0667. The van der Waals surface area contributed by atoms with Gasteiger partial charge in [0, 0.05) is 5.56 Å². The lowest BCUT2D eigenvalue weighted by Gasteiger charge is -2.08. The number of hydrogen-bond donors (Lipinski definition) is 1. The van der Waals surface area contributed by atoms with Crippen LogP contribution in [0.2, 0.25) is 0 Å². The maximum Gasteiger partial charge on any atom is 0.200 e. The number of ether oxygens (including phenoxy) is 1. The molecule has 0 bridgehead atoms. The molecule has 4 nitrogen and oxygen atoms in total. The van der Waals surface area contributed by atoms with Crippen LogP contribution < -0.4 is 10.2 Å². The average Bonchev–Trinajstić information content (AvgIpc) is 2.60. The minimum atomic E-state index is -2.25. The Morgan fingerprint density at radius 3 is 2.21 bits per heavy atom. The summed E-state index contributed by atoms with van der Waals surface area (Å²) in [5, 5.41) is 11.9. The standard InChI is InChI=1S/C15H8F5N3O/c16-10-11(17)13(19)15(14(20)12(10)18)23-22-7-8-3-1-2-4-9(8)24-6-5-21/h1-4,7,23H,6H2/b22-7+. The summed E-state index contributed by atoms with van der Waals surface area (Å²) in [7, 11) is 0. The fourth-order valence-corrected chi connectivity index (χ4v) is 1.70. The van der Waals surface area contributed by atoms with E-state index in [9.17, 15) is 22.0 Å². The molecule has 124 valence electrons. The monoisotopic (exact) mass is 341 g/mol. The zero-order valence-corrected chi connectivity index (χ0v) is 11.8. The third-order valence-electron chi connectivity index (χ3n) is 2.80. The number of nitriles is 1. The minimum Gasteiger partial charge on any atom is -0.478 e. The van der Waals surface area contributed by atoms with E-state index in [0.717, 1.165) is 6.21 Å². The van der Waals surface area contributed by atoms with Gasteiger partial charge in [-0.1, -0.05) is 12.1 Å². The predicted molar refractivity (Wildman–Crippen MR) is 75.0 cm³/mol. The Hall–Kier alpha value is -3.15. The van der Waals surface area contributed by atoms with Gasteiger partial charge < -0.3 is 4.74 Å². The first-order valence-corrected chi connectivity index (χ1v) is 6.36. The van der Waals surface area contributed by atoms with Crippen LogP contribution in [0.1, 0.15) is 5.56 Å². The highest BCUT2D eigenvalue weighted by atomic mass is 19.2. The molecule has 0 aliphatic rings. The molecule has 0 heterocycles. The summed E-state index contributed by atoms with van der Waals surface area (Å²) in [6.45, 7) is -0.240. The van der Waals surface area contributed by atoms with Crippen molar-refractivity contribution in [3.63, 3.8) is 0 Å². The van der Waals surface area contributed by atoms with Crippen molar-refractivity contribution in [3.05, 3.63) is 58.9 Å². The molecule has 2 rings (SSSR count). The zero-order valence-electron chi connectivity index (χ0n) is 11.8. The van der Waals surface area contributed by atoms with Crippen LogP contribution in [-0.2, 0) is 0 Å². The van der Waals surface area contributed by atoms with E-state index in [-0.39, 0.29) is 12.4 Å². The van der Waals surface area contributed by atoms with Gasteiger partial charge in [0.15, 0.2) is 29.9 Å². The van der Waals surface area contributed by atoms with Crippen LogP contribution in [0.3, 0.4) is 0 Å². The fourth-order valence-electron chi connectivity index (χ4n) is 1.70. The summed E-state index contributed by atoms with van der Waals surface area (Å²) < 4.78 is 71.0. The molecule has 0 radical (unpaired) electrons. The predicted octanol–water partition coefficient (Wildman–Crippen LogP) is 3.73. The Balaban J connectivity index is 2.27. The van der Waals surface area contributed by atoms with Crippen molar-refractivity contribution in [1.82, 2.24) is 0 Å². The third kappa shape index (κ3) is 3.43. The summed E-state index contributed by atoms with van der Waals surface area (Å²) >= 11 is 0. The number of nitrogens with one attached hydrogen (secondary N) is 1. The summed E-state index contributed by atoms with van der Waals surface area (Å²) in [5.41, 5.74) is 0.818. The van der Waals surface area contributed by atoms with Gasteiger partial charge in [-0.15, -0.1) is 0 Å². The molecule has 0 atom stereocenters. The molecule has 2 aromatic rings. The molecule has 9 heteroatoms. The molecule has 0 saturated heterocycles. The molecule has 0 aliphatic carbocycles. The number of benzene rings is 2. The largest absolute Gasteiger partial charge is 0.478 e. The second kappa shape index (κ2) is 7.41. The van der Waals surface area contributed by atoms with Crippen LogP contribution in [0.4, 0.5) is 27.6 Å². The molecule has 24 heavy (non-hydrogen) atoms. The lowest BCUT2D eigenvalue weighted by Crippen LogP contribution is -2.06. The highest BCUT2D eigenvalue weighted by Gasteiger charge is 2.25. The maximum absolute atomic E-state index is 13.5. The van der Waals surface area contributed by atoms with Gasteiger partial charge in [0.1, 0.15) is 17.5 Å². The summed E-state index contributed by atoms with van der Waals surface area (Å²) in [6.07, 6.45) is 1.05. The van der Waals surface area contributed by atoms with Crippen LogP contribution in [0.15, 0.2) is 29.4 Å². The van der Waals surface area contributed by atoms with Crippen molar-refractivity contribution in [2.45, 2.75) is 0 Å². The molecular formula is C15H8F5N3O. The number of hydrazone groups is 1. The van der Waals surface area contributed by atoms with Gasteiger partial charge in [0.2, 0.25) is 5.82 Å². The van der Waals surface area contributed by atoms with Crippen molar-refractivity contribution in [2.75, 3.05) is 12.0 Å². The summed E-state index contributed by atoms with van der Waals surface area (Å²) in [5.74, 6) is -10.2. The summed E-state index contributed by atoms with van der Waals surface area (Å²) in [4.78, 5) is 0. The van der Waals surface area contributed by atoms with Crippen LogP contribution >= 0.6 is 0 Å². The van der Waals surface area contributed by atoms with E-state index in [0.29, 0.717) is 5.56 Å². The molecule has 1 N–H and O–H groups in total. The smallest absolute Gasteiger partial charge is 0.200 e. The van der Waals surface area contributed by atoms with Crippen molar-refractivity contribution in [2.24, 2.45) is 5.10 Å². The minimum absolute atomic E-state index is 0.240. The van der Waals surface area contributed by atoms with Gasteiger partial charge in [-0.25, -0.2) is 22.0 Å². The van der Waals surface area contributed by atoms with Crippen LogP contribution in [0, 0.1) is 40.4 Å². The van der Waals surface area contributed by atoms with Gasteiger partial charge >= 0.3 is 0 Å². The number of hydrogen-bond acceptors (Lipinski definition) is 4. The second-order valence-corrected chi connectivity index (χ2v) is 4.30. The highest BCUT2D eigenvalue weighted by Crippen LogP contribution is 2.27. The summed E-state index contributed by atoms with van der Waals surface area (Å²) in [6, 6.07) is 7.99. The molecule has 0 fully saturated rings. The molecule has 0 aromatic heterocycles. The van der Waals surface area contributed by atoms with Crippen molar-refractivity contribution in [1.29, 1.82) is 5.26 Å². The molecule has 0 aliphatic heterocycles. The van der Waals surface area contributed by atoms with E-state index in [1.165, 1.54) is 12.1 Å². The molecule has 0 unspecified atom stereocenters. The first kappa shape index (κ1) is 17.2. The topological polar surface area (TPSA) is 57.4 Å². The van der Waals surface area contributed by atoms with Gasteiger partial charge in [-0.2, -0.15) is 10.4 Å². The normalized spacial score (nSPS) is 10.7. The Morgan fingerprint density at radius 1 is 1.00 bits per heavy atom. The highest BCUT2D eigenvalue weighted by molar-refractivity contribution is 5.84. The lowest BCUT2D eigenvalue weighted by molar-refractivity contribution is 0.367. The zero-order chi connectivity index (χ0) is 17.7. The Morgan fingerprint density at radius 2 is 1.58 bits per heavy atom. The first-order chi connectivity index (χ1) is 11.5. The molecule has 0 saturated carbocycles. The maximum atomic E-state index is 13.5. The van der Waals surface area contributed by atoms with Crippen LogP contribution in [-0.4, -0.2) is 12.8 Å². The van der Waals surface area contributed by atoms with Crippen molar-refractivity contribution < 1.29 is 26.7 Å². The Labute approximate surface area is 132 Å². The van der Waals surface area contributed by atoms with Crippen molar-refractivity contribution >= 4 is 11.9 Å². The van der Waals surface area contributed by atoms with E-state index in [1.54, 1.807) is 23.6 Å². The van der Waals surface area contributed by atoms with E-state index in [4.69, 9.17) is 10.00 Å². The number of para-hydroxylation sites is 1. The van der Waals surface area contributed by atoms with E-state index < -0.39 is 34.8 Å². The van der Waals surface area contributed by atoms with Crippen molar-refractivity contribution in [3.8, 4) is 11.8 Å². The Bertz CT molecular complexity index is 804. The SMILES string of the molecule is N#CCOc1ccccc1/C=N/Nc1c(F)c(F)c(F)c(F)c1F. The first-order valence-electron chi connectivity index (χ1n) is 6.36. The second-order valence-electron chi connectivity index (χ2n) is 4.30. The van der Waals surface area contributed by atoms with Crippen LogP contribution in [0.5, 0.6) is 5.75 Å². The molecule has 0 spiro atoms. The van der Waals surface area contributed by atoms with E-state index in [1.807, 2.05) is 0 Å². The van der Waals surface area contributed by atoms with Crippen LogP contribution in [0.25, 0.3) is 0 Å². The quantitative estimate of drug-likeness (QED) is 0.296. The molecular weight excluding hydrogens is 333 g/mol. The number of nitrogens with zero attached hydrogens (tertiary/aromatic N) is 2. The molecule has 0 amide bonds. The van der Waals surface area contributed by atoms with Gasteiger partial charge in [-0.05, 0) is 12.1 Å². The number of anilines is 1. The lowest BCUT2D eigenvalue weighted by atomic mass is 10.2. The number of halogens is 5. The molecule has 2 aromatic carbocycles. The van der Waals surface area contributed by atoms with Gasteiger partial charge in [0.05, 0.1) is 6.21 Å².